The van der Waals surface area contributed by atoms with Gasteiger partial charge in [0.05, 0.1) is 6.54 Å². The molecule has 0 aliphatic carbocycles. The Labute approximate surface area is 165 Å². The number of piperidine rings is 1. The van der Waals surface area contributed by atoms with Crippen molar-refractivity contribution in [3.8, 4) is 0 Å². The Morgan fingerprint density at radius 2 is 2.07 bits per heavy atom. The van der Waals surface area contributed by atoms with Gasteiger partial charge in [-0.25, -0.2) is 4.39 Å². The fraction of sp³-hybridized carbons (Fsp3) is 0.571. The Morgan fingerprint density at radius 3 is 2.82 bits per heavy atom. The highest BCUT2D eigenvalue weighted by Gasteiger charge is 2.25. The number of hydrogen-bond donors (Lipinski definition) is 1. The third-order valence-corrected chi connectivity index (χ3v) is 5.23. The van der Waals surface area contributed by atoms with Crippen molar-refractivity contribution >= 4 is 5.91 Å². The minimum Gasteiger partial charge on any atom is -0.356 e. The van der Waals surface area contributed by atoms with E-state index in [1.54, 1.807) is 12.1 Å². The van der Waals surface area contributed by atoms with E-state index < -0.39 is 0 Å². The second kappa shape index (κ2) is 10.3. The lowest BCUT2D eigenvalue weighted by atomic mass is 9.96. The van der Waals surface area contributed by atoms with Gasteiger partial charge in [-0.05, 0) is 50.4 Å². The van der Waals surface area contributed by atoms with Crippen LogP contribution in [0.15, 0.2) is 28.8 Å². The molecule has 0 saturated carbocycles. The molecule has 1 N–H and O–H groups in total. The van der Waals surface area contributed by atoms with Gasteiger partial charge in [0.1, 0.15) is 5.82 Å². The van der Waals surface area contributed by atoms with Crippen molar-refractivity contribution in [2.45, 2.75) is 52.0 Å². The first-order valence-electron chi connectivity index (χ1n) is 10.2. The van der Waals surface area contributed by atoms with Crippen LogP contribution in [-0.4, -0.2) is 40.6 Å². The Balaban J connectivity index is 1.36. The largest absolute Gasteiger partial charge is 0.356 e. The third-order valence-electron chi connectivity index (χ3n) is 5.23. The predicted molar refractivity (Wildman–Crippen MR) is 104 cm³/mol. The molecule has 3 rings (SSSR count). The Bertz CT molecular complexity index is 756. The molecule has 152 valence electrons. The molecule has 0 atom stereocenters. The molecule has 0 radical (unpaired) electrons. The van der Waals surface area contributed by atoms with E-state index in [-0.39, 0.29) is 17.6 Å². The topological polar surface area (TPSA) is 71.3 Å². The van der Waals surface area contributed by atoms with Gasteiger partial charge >= 0.3 is 0 Å². The van der Waals surface area contributed by atoms with Crippen LogP contribution in [-0.2, 0) is 24.2 Å². The maximum Gasteiger partial charge on any atom is 0.226 e. The summed E-state index contributed by atoms with van der Waals surface area (Å²) in [7, 11) is 0. The molecule has 2 heterocycles. The van der Waals surface area contributed by atoms with Gasteiger partial charge in [-0.15, -0.1) is 0 Å². The highest BCUT2D eigenvalue weighted by Crippen LogP contribution is 2.19. The van der Waals surface area contributed by atoms with Gasteiger partial charge < -0.3 is 9.84 Å². The minimum atomic E-state index is -0.218. The van der Waals surface area contributed by atoms with Crippen molar-refractivity contribution in [1.82, 2.24) is 20.4 Å². The Kier molecular flexibility index (Phi) is 7.54. The number of hydrogen-bond acceptors (Lipinski definition) is 5. The molecule has 0 unspecified atom stereocenters. The van der Waals surface area contributed by atoms with E-state index in [2.05, 4.69) is 27.3 Å². The van der Waals surface area contributed by atoms with Crippen LogP contribution in [0.2, 0.25) is 0 Å². The van der Waals surface area contributed by atoms with Gasteiger partial charge in [0.15, 0.2) is 5.82 Å². The lowest BCUT2D eigenvalue weighted by Crippen LogP contribution is -2.40. The Morgan fingerprint density at radius 1 is 1.29 bits per heavy atom. The SMILES string of the molecule is CCCCc1nc(CN2CCC(C(=O)NCCc3ccccc3F)CC2)no1. The maximum atomic E-state index is 13.6. The highest BCUT2D eigenvalue weighted by molar-refractivity contribution is 5.78. The second-order valence-electron chi connectivity index (χ2n) is 7.39. The first-order valence-corrected chi connectivity index (χ1v) is 10.2. The Hall–Kier alpha value is -2.28. The van der Waals surface area contributed by atoms with Gasteiger partial charge in [0, 0.05) is 18.9 Å². The normalized spacial score (nSPS) is 15.6. The number of nitrogens with one attached hydrogen (secondary N) is 1. The molecule has 1 aliphatic rings. The number of unbranched alkanes of at least 4 members (excludes halogenated alkanes) is 1. The quantitative estimate of drug-likeness (QED) is 0.715. The number of aromatic nitrogens is 2. The van der Waals surface area contributed by atoms with Crippen LogP contribution in [0.5, 0.6) is 0 Å². The zero-order chi connectivity index (χ0) is 19.8. The van der Waals surface area contributed by atoms with E-state index in [1.165, 1.54) is 6.07 Å². The first kappa shape index (κ1) is 20.5. The zero-order valence-electron chi connectivity index (χ0n) is 16.5. The molecule has 1 amide bonds. The van der Waals surface area contributed by atoms with Crippen LogP contribution in [0.1, 0.15) is 49.9 Å². The summed E-state index contributed by atoms with van der Waals surface area (Å²) in [4.78, 5) is 19.1. The molecule has 0 bridgehead atoms. The van der Waals surface area contributed by atoms with Crippen LogP contribution in [0.3, 0.4) is 0 Å². The van der Waals surface area contributed by atoms with E-state index >= 15 is 0 Å². The zero-order valence-corrected chi connectivity index (χ0v) is 16.5. The molecule has 28 heavy (non-hydrogen) atoms. The average Bonchev–Trinajstić information content (AvgIpc) is 3.15. The number of nitrogens with zero attached hydrogens (tertiary/aromatic N) is 3. The van der Waals surface area contributed by atoms with Crippen molar-refractivity contribution in [2.24, 2.45) is 5.92 Å². The van der Waals surface area contributed by atoms with E-state index in [4.69, 9.17) is 4.52 Å². The van der Waals surface area contributed by atoms with Gasteiger partial charge in [-0.2, -0.15) is 4.98 Å². The molecule has 1 aliphatic heterocycles. The lowest BCUT2D eigenvalue weighted by Gasteiger charge is -2.30. The molecule has 7 heteroatoms. The van der Waals surface area contributed by atoms with E-state index in [0.717, 1.165) is 51.0 Å². The molecule has 2 aromatic rings. The number of amides is 1. The molecule has 1 aromatic carbocycles. The van der Waals surface area contributed by atoms with Crippen molar-refractivity contribution < 1.29 is 13.7 Å². The summed E-state index contributed by atoms with van der Waals surface area (Å²) in [5, 5.41) is 7.01. The average molecular weight is 388 g/mol. The number of carbonyl (C=O) groups excluding carboxylic acids is 1. The molecule has 1 saturated heterocycles. The summed E-state index contributed by atoms with van der Waals surface area (Å²) < 4.78 is 18.9. The molecular formula is C21H29FN4O2. The van der Waals surface area contributed by atoms with Crippen LogP contribution in [0, 0.1) is 11.7 Å². The fourth-order valence-electron chi connectivity index (χ4n) is 3.50. The fourth-order valence-corrected chi connectivity index (χ4v) is 3.50. The summed E-state index contributed by atoms with van der Waals surface area (Å²) in [5.74, 6) is 1.30. The molecule has 1 fully saturated rings. The summed E-state index contributed by atoms with van der Waals surface area (Å²) in [5.41, 5.74) is 0.635. The number of aryl methyl sites for hydroxylation is 1. The van der Waals surface area contributed by atoms with Gasteiger partial charge in [0.2, 0.25) is 11.8 Å². The second-order valence-corrected chi connectivity index (χ2v) is 7.39. The number of halogens is 1. The third kappa shape index (κ3) is 5.86. The van der Waals surface area contributed by atoms with Crippen LogP contribution in [0.4, 0.5) is 4.39 Å². The van der Waals surface area contributed by atoms with Crippen molar-refractivity contribution in [1.29, 1.82) is 0 Å². The van der Waals surface area contributed by atoms with Crippen LogP contribution < -0.4 is 5.32 Å². The van der Waals surface area contributed by atoms with E-state index in [0.29, 0.717) is 31.0 Å². The van der Waals surface area contributed by atoms with Crippen molar-refractivity contribution in [2.75, 3.05) is 19.6 Å². The first-order chi connectivity index (χ1) is 13.7. The summed E-state index contributed by atoms with van der Waals surface area (Å²) >= 11 is 0. The van der Waals surface area contributed by atoms with Crippen LogP contribution >= 0.6 is 0 Å². The lowest BCUT2D eigenvalue weighted by molar-refractivity contribution is -0.126. The van der Waals surface area contributed by atoms with E-state index in [1.807, 2.05) is 6.07 Å². The summed E-state index contributed by atoms with van der Waals surface area (Å²) in [6.45, 7) is 4.94. The molecule has 1 aromatic heterocycles. The van der Waals surface area contributed by atoms with Gasteiger partial charge in [-0.1, -0.05) is 36.7 Å². The number of benzene rings is 1. The maximum absolute atomic E-state index is 13.6. The number of likely N-dealkylation sites (tertiary alicyclic amines) is 1. The number of carbonyl (C=O) groups is 1. The van der Waals surface area contributed by atoms with Crippen molar-refractivity contribution in [3.63, 3.8) is 0 Å². The minimum absolute atomic E-state index is 0.0160. The molecule has 6 nitrogen and oxygen atoms in total. The molecular weight excluding hydrogens is 359 g/mol. The summed E-state index contributed by atoms with van der Waals surface area (Å²) in [6.07, 6.45) is 5.12. The van der Waals surface area contributed by atoms with Crippen LogP contribution in [0.25, 0.3) is 0 Å². The van der Waals surface area contributed by atoms with Crippen molar-refractivity contribution in [3.05, 3.63) is 47.4 Å². The number of rotatable bonds is 9. The summed E-state index contributed by atoms with van der Waals surface area (Å²) in [6, 6.07) is 6.69. The monoisotopic (exact) mass is 388 g/mol. The highest BCUT2D eigenvalue weighted by atomic mass is 19.1. The van der Waals surface area contributed by atoms with Gasteiger partial charge in [-0.3, -0.25) is 9.69 Å². The van der Waals surface area contributed by atoms with E-state index in [9.17, 15) is 9.18 Å². The smallest absolute Gasteiger partial charge is 0.226 e. The standard InChI is InChI=1S/C21H29FN4O2/c1-2-3-8-20-24-19(25-28-20)15-26-13-10-17(11-14-26)21(27)23-12-9-16-6-4-5-7-18(16)22/h4-7,17H,2-3,8-15H2,1H3,(H,23,27). The molecule has 0 spiro atoms. The predicted octanol–water partition coefficient (Wildman–Crippen LogP) is 3.12. The van der Waals surface area contributed by atoms with Gasteiger partial charge in [0.25, 0.3) is 0 Å².